The van der Waals surface area contributed by atoms with Gasteiger partial charge in [0.25, 0.3) is 0 Å². The van der Waals surface area contributed by atoms with E-state index in [0.29, 0.717) is 0 Å². The van der Waals surface area contributed by atoms with Gasteiger partial charge >= 0.3 is 65.6 Å². The summed E-state index contributed by atoms with van der Waals surface area (Å²) in [7, 11) is -0.691. The number of unbranched alkanes of at least 4 members (excludes halogenated alkanes) is 1. The van der Waals surface area contributed by atoms with Crippen LogP contribution in [0.2, 0.25) is 0 Å². The second-order valence-corrected chi connectivity index (χ2v) is 11.3. The van der Waals surface area contributed by atoms with Crippen molar-refractivity contribution in [1.82, 2.24) is 0 Å². The summed E-state index contributed by atoms with van der Waals surface area (Å²) in [5, 5.41) is 8.60. The number of carbonyl (C=O) groups is 1. The molecule has 0 amide bonds. The Morgan fingerprint density at radius 3 is 1.53 bits per heavy atom. The van der Waals surface area contributed by atoms with Crippen LogP contribution in [0.25, 0.3) is 0 Å². The fourth-order valence-corrected chi connectivity index (χ4v) is 5.45. The molecular weight excluding hydrogens is 255 g/mol. The van der Waals surface area contributed by atoms with Gasteiger partial charge < -0.3 is 5.11 Å². The van der Waals surface area contributed by atoms with Gasteiger partial charge in [-0.05, 0) is 12.8 Å². The summed E-state index contributed by atoms with van der Waals surface area (Å²) >= 11 is 0. The molecule has 0 aromatic heterocycles. The Balaban J connectivity index is 0. The standard InChI is InChI=1S/C8H16O2.C8H21P/c1-3-5-6-7(4-2)8(9)10;1-5-9(6-2,7-3)8-4/h7H,3-6H2,1-2H3,(H,9,10);9H,5-8H2,1-4H3. The van der Waals surface area contributed by atoms with Crippen molar-refractivity contribution in [1.29, 1.82) is 0 Å². The van der Waals surface area contributed by atoms with E-state index in [4.69, 9.17) is 5.11 Å². The van der Waals surface area contributed by atoms with E-state index >= 15 is 0 Å². The summed E-state index contributed by atoms with van der Waals surface area (Å²) < 4.78 is 0. The molecule has 0 aliphatic rings. The molecule has 0 aliphatic carbocycles. The number of aliphatic carboxylic acids is 1. The van der Waals surface area contributed by atoms with Gasteiger partial charge in [-0.1, -0.05) is 26.7 Å². The van der Waals surface area contributed by atoms with Gasteiger partial charge in [0, 0.05) is 0 Å². The zero-order chi connectivity index (χ0) is 15.3. The van der Waals surface area contributed by atoms with E-state index in [9.17, 15) is 4.79 Å². The molecule has 1 N–H and O–H groups in total. The minimum atomic E-state index is -0.691. The fraction of sp³-hybridized carbons (Fsp3) is 0.938. The molecule has 0 saturated heterocycles. The van der Waals surface area contributed by atoms with Gasteiger partial charge in [0.05, 0.1) is 5.92 Å². The minimum absolute atomic E-state index is 0.111. The predicted molar refractivity (Wildman–Crippen MR) is 91.4 cm³/mol. The SMILES string of the molecule is CCCCC(CC)C(=O)O.CC[PH](CC)(CC)CC. The molecular formula is C16H37O2P. The molecule has 0 aromatic carbocycles. The first-order chi connectivity index (χ1) is 8.96. The van der Waals surface area contributed by atoms with Gasteiger partial charge in [0.2, 0.25) is 0 Å². The second kappa shape index (κ2) is 12.9. The van der Waals surface area contributed by atoms with Crippen LogP contribution < -0.4 is 0 Å². The van der Waals surface area contributed by atoms with Crippen LogP contribution in [0.15, 0.2) is 0 Å². The molecule has 0 rings (SSSR count). The molecule has 0 bridgehead atoms. The molecule has 0 heterocycles. The third kappa shape index (κ3) is 9.44. The van der Waals surface area contributed by atoms with Crippen LogP contribution in [-0.4, -0.2) is 35.7 Å². The average molecular weight is 292 g/mol. The van der Waals surface area contributed by atoms with Gasteiger partial charge in [0.15, 0.2) is 0 Å². The van der Waals surface area contributed by atoms with Crippen molar-refractivity contribution in [3.8, 4) is 0 Å². The van der Waals surface area contributed by atoms with E-state index in [1.165, 1.54) is 24.6 Å². The summed E-state index contributed by atoms with van der Waals surface area (Å²) in [5.41, 5.74) is 0. The Bertz CT molecular complexity index is 195. The molecule has 0 aromatic rings. The fourth-order valence-electron chi connectivity index (χ4n) is 2.45. The van der Waals surface area contributed by atoms with Gasteiger partial charge in [-0.3, -0.25) is 4.79 Å². The molecule has 1 unspecified atom stereocenters. The number of carboxylic acid groups (broad SMARTS) is 1. The third-order valence-electron chi connectivity index (χ3n) is 4.75. The molecule has 2 nitrogen and oxygen atoms in total. The quantitative estimate of drug-likeness (QED) is 0.600. The number of hydrogen-bond acceptors (Lipinski definition) is 1. The van der Waals surface area contributed by atoms with Crippen LogP contribution in [0.4, 0.5) is 0 Å². The molecule has 0 spiro atoms. The monoisotopic (exact) mass is 292 g/mol. The summed E-state index contributed by atoms with van der Waals surface area (Å²) in [4.78, 5) is 10.4. The van der Waals surface area contributed by atoms with Crippen LogP contribution in [-0.2, 0) is 4.79 Å². The van der Waals surface area contributed by atoms with E-state index in [1.807, 2.05) is 6.92 Å². The second-order valence-electron chi connectivity index (χ2n) is 5.50. The molecule has 0 radical (unpaired) electrons. The molecule has 1 atom stereocenters. The van der Waals surface area contributed by atoms with Gasteiger partial charge in [0.1, 0.15) is 0 Å². The van der Waals surface area contributed by atoms with E-state index in [1.54, 1.807) is 0 Å². The Labute approximate surface area is 121 Å². The molecule has 0 aliphatic heterocycles. The summed E-state index contributed by atoms with van der Waals surface area (Å²) in [6, 6.07) is 0. The van der Waals surface area contributed by atoms with Crippen molar-refractivity contribution in [2.24, 2.45) is 5.92 Å². The summed E-state index contributed by atoms with van der Waals surface area (Å²) in [5.74, 6) is -0.754. The molecule has 19 heavy (non-hydrogen) atoms. The van der Waals surface area contributed by atoms with Crippen LogP contribution >= 0.6 is 7.26 Å². The maximum atomic E-state index is 10.4. The van der Waals surface area contributed by atoms with Crippen LogP contribution in [0.5, 0.6) is 0 Å². The van der Waals surface area contributed by atoms with E-state index < -0.39 is 13.2 Å². The Hall–Kier alpha value is -0.100. The maximum absolute atomic E-state index is 10.4. The van der Waals surface area contributed by atoms with Gasteiger partial charge in [-0.2, -0.15) is 0 Å². The van der Waals surface area contributed by atoms with Gasteiger partial charge in [-0.25, -0.2) is 0 Å². The van der Waals surface area contributed by atoms with E-state index in [0.717, 1.165) is 25.7 Å². The van der Waals surface area contributed by atoms with E-state index in [2.05, 4.69) is 34.6 Å². The van der Waals surface area contributed by atoms with E-state index in [-0.39, 0.29) is 5.92 Å². The number of carboxylic acids is 1. The van der Waals surface area contributed by atoms with Crippen molar-refractivity contribution < 1.29 is 9.90 Å². The summed E-state index contributed by atoms with van der Waals surface area (Å²) in [6.45, 7) is 13.5. The first-order valence-electron chi connectivity index (χ1n) is 8.19. The first kappa shape index (κ1) is 21.2. The van der Waals surface area contributed by atoms with Crippen LogP contribution in [0.3, 0.4) is 0 Å². The third-order valence-corrected chi connectivity index (χ3v) is 10.7. The predicted octanol–water partition coefficient (Wildman–Crippen LogP) is 5.10. The molecule has 0 saturated carbocycles. The number of rotatable bonds is 9. The normalized spacial score (nSPS) is 13.4. The van der Waals surface area contributed by atoms with Crippen molar-refractivity contribution in [3.05, 3.63) is 0 Å². The van der Waals surface area contributed by atoms with Crippen molar-refractivity contribution >= 4 is 13.2 Å². The zero-order valence-corrected chi connectivity index (χ0v) is 15.1. The Kier molecular flexibility index (Phi) is 14.4. The first-order valence-corrected chi connectivity index (χ1v) is 11.0. The van der Waals surface area contributed by atoms with Crippen LogP contribution in [0.1, 0.15) is 67.2 Å². The van der Waals surface area contributed by atoms with Crippen molar-refractivity contribution in [3.63, 3.8) is 0 Å². The molecule has 3 heteroatoms. The summed E-state index contributed by atoms with van der Waals surface area (Å²) in [6.07, 6.45) is 9.65. The average Bonchev–Trinajstić information content (AvgIpc) is 2.43. The molecule has 0 fully saturated rings. The van der Waals surface area contributed by atoms with Crippen molar-refractivity contribution in [2.45, 2.75) is 67.2 Å². The van der Waals surface area contributed by atoms with Crippen LogP contribution in [0, 0.1) is 5.92 Å². The van der Waals surface area contributed by atoms with Crippen molar-refractivity contribution in [2.75, 3.05) is 24.6 Å². The Morgan fingerprint density at radius 2 is 1.37 bits per heavy atom. The number of hydrogen-bond donors (Lipinski definition) is 1. The topological polar surface area (TPSA) is 37.3 Å². The Morgan fingerprint density at radius 1 is 0.947 bits per heavy atom. The zero-order valence-electron chi connectivity index (χ0n) is 14.1. The van der Waals surface area contributed by atoms with Gasteiger partial charge in [-0.15, -0.1) is 0 Å². The molecule has 118 valence electrons.